The Bertz CT molecular complexity index is 782. The summed E-state index contributed by atoms with van der Waals surface area (Å²) in [4.78, 5) is 16.3. The molecular weight excluding hydrogens is 451 g/mol. The molecule has 0 radical (unpaired) electrons. The second kappa shape index (κ2) is 10.9. The maximum Gasteiger partial charge on any atom is 0.224 e. The van der Waals surface area contributed by atoms with Crippen molar-refractivity contribution in [1.29, 1.82) is 0 Å². The molecule has 6 heteroatoms. The van der Waals surface area contributed by atoms with Crippen molar-refractivity contribution in [3.8, 4) is 0 Å². The van der Waals surface area contributed by atoms with Gasteiger partial charge in [-0.3, -0.25) is 4.79 Å². The first-order valence-electron chi connectivity index (χ1n) is 8.86. The van der Waals surface area contributed by atoms with Crippen LogP contribution < -0.4 is 16.4 Å². The first-order valence-corrected chi connectivity index (χ1v) is 8.86. The van der Waals surface area contributed by atoms with Crippen molar-refractivity contribution >= 4 is 47.2 Å². The molecule has 2 aromatic carbocycles. The summed E-state index contributed by atoms with van der Waals surface area (Å²) in [5, 5.41) is 6.04. The van der Waals surface area contributed by atoms with Gasteiger partial charge in [0.15, 0.2) is 5.96 Å². The highest BCUT2D eigenvalue weighted by atomic mass is 127. The molecule has 0 heterocycles. The molecule has 0 unspecified atom stereocenters. The maximum atomic E-state index is 11.9. The summed E-state index contributed by atoms with van der Waals surface area (Å²) >= 11 is 0. The lowest BCUT2D eigenvalue weighted by Gasteiger charge is -2.09. The molecule has 4 N–H and O–H groups in total. The SMILES string of the molecule is Cc1cc(C)cc(NC(N)=NCc2cccc(NC(=O)CC(C)C)c2)c1.I. The number of aryl methyl sites for hydroxylation is 2. The number of carbonyl (C=O) groups is 1. The van der Waals surface area contributed by atoms with E-state index in [2.05, 4.69) is 21.7 Å². The van der Waals surface area contributed by atoms with Gasteiger partial charge in [0, 0.05) is 17.8 Å². The zero-order chi connectivity index (χ0) is 19.1. The van der Waals surface area contributed by atoms with Gasteiger partial charge in [-0.1, -0.05) is 32.0 Å². The van der Waals surface area contributed by atoms with Crippen molar-refractivity contribution in [3.05, 3.63) is 59.2 Å². The zero-order valence-corrected chi connectivity index (χ0v) is 18.7. The van der Waals surface area contributed by atoms with Crippen molar-refractivity contribution < 1.29 is 4.79 Å². The Balaban J connectivity index is 0.00000364. The number of carbonyl (C=O) groups excluding carboxylic acids is 1. The van der Waals surface area contributed by atoms with E-state index in [0.717, 1.165) is 16.9 Å². The Hall–Kier alpha value is -2.09. The molecule has 2 rings (SSSR count). The Morgan fingerprint density at radius 2 is 1.70 bits per heavy atom. The van der Waals surface area contributed by atoms with Crippen molar-refractivity contribution in [3.63, 3.8) is 0 Å². The number of amides is 1. The van der Waals surface area contributed by atoms with Crippen molar-refractivity contribution in [1.82, 2.24) is 0 Å². The van der Waals surface area contributed by atoms with E-state index in [1.165, 1.54) is 11.1 Å². The number of nitrogens with two attached hydrogens (primary N) is 1. The van der Waals surface area contributed by atoms with E-state index >= 15 is 0 Å². The molecule has 2 aromatic rings. The van der Waals surface area contributed by atoms with Gasteiger partial charge in [0.2, 0.25) is 5.91 Å². The Morgan fingerprint density at radius 1 is 1.04 bits per heavy atom. The third-order valence-corrected chi connectivity index (χ3v) is 3.73. The summed E-state index contributed by atoms with van der Waals surface area (Å²) in [6.07, 6.45) is 0.509. The van der Waals surface area contributed by atoms with E-state index in [1.807, 2.05) is 64.1 Å². The predicted octanol–water partition coefficient (Wildman–Crippen LogP) is 4.83. The summed E-state index contributed by atoms with van der Waals surface area (Å²) in [5.41, 5.74) is 11.0. The summed E-state index contributed by atoms with van der Waals surface area (Å²) in [5.74, 6) is 0.722. The van der Waals surface area contributed by atoms with Crippen LogP contribution in [0.15, 0.2) is 47.5 Å². The second-order valence-electron chi connectivity index (χ2n) is 7.05. The fourth-order valence-corrected chi connectivity index (χ4v) is 2.74. The van der Waals surface area contributed by atoms with E-state index in [9.17, 15) is 4.79 Å². The minimum atomic E-state index is 0. The highest BCUT2D eigenvalue weighted by Crippen LogP contribution is 2.15. The minimum Gasteiger partial charge on any atom is -0.370 e. The third kappa shape index (κ3) is 8.43. The Labute approximate surface area is 178 Å². The third-order valence-electron chi connectivity index (χ3n) is 3.73. The molecule has 0 saturated heterocycles. The van der Waals surface area contributed by atoms with Crippen LogP contribution in [0, 0.1) is 19.8 Å². The highest BCUT2D eigenvalue weighted by molar-refractivity contribution is 14.0. The molecule has 1 amide bonds. The number of hydrogen-bond acceptors (Lipinski definition) is 2. The lowest BCUT2D eigenvalue weighted by molar-refractivity contribution is -0.116. The van der Waals surface area contributed by atoms with Crippen LogP contribution in [0.3, 0.4) is 0 Å². The highest BCUT2D eigenvalue weighted by Gasteiger charge is 2.05. The number of anilines is 2. The van der Waals surface area contributed by atoms with Gasteiger partial charge in [-0.2, -0.15) is 0 Å². The lowest BCUT2D eigenvalue weighted by atomic mass is 10.1. The number of nitrogens with zero attached hydrogens (tertiary/aromatic N) is 1. The van der Waals surface area contributed by atoms with Crippen LogP contribution in [0.4, 0.5) is 11.4 Å². The average molecular weight is 480 g/mol. The molecule has 0 spiro atoms. The van der Waals surface area contributed by atoms with E-state index in [1.54, 1.807) is 0 Å². The molecule has 0 atom stereocenters. The number of aliphatic imine (C=N–C) groups is 1. The van der Waals surface area contributed by atoms with E-state index in [4.69, 9.17) is 5.73 Å². The topological polar surface area (TPSA) is 79.5 Å². The molecule has 0 saturated carbocycles. The summed E-state index contributed by atoms with van der Waals surface area (Å²) < 4.78 is 0. The number of guanidine groups is 1. The van der Waals surface area contributed by atoms with Gasteiger partial charge in [0.05, 0.1) is 6.54 Å². The first kappa shape index (κ1) is 23.0. The fourth-order valence-electron chi connectivity index (χ4n) is 2.74. The van der Waals surface area contributed by atoms with E-state index < -0.39 is 0 Å². The molecule has 0 aliphatic carbocycles. The van der Waals surface area contributed by atoms with Gasteiger partial charge < -0.3 is 16.4 Å². The van der Waals surface area contributed by atoms with Gasteiger partial charge in [0.1, 0.15) is 0 Å². The Kier molecular flexibility index (Phi) is 9.28. The van der Waals surface area contributed by atoms with Crippen molar-refractivity contribution in [2.75, 3.05) is 10.6 Å². The van der Waals surface area contributed by atoms with Crippen LogP contribution in [0.2, 0.25) is 0 Å². The lowest BCUT2D eigenvalue weighted by Crippen LogP contribution is -2.22. The van der Waals surface area contributed by atoms with Gasteiger partial charge >= 0.3 is 0 Å². The largest absolute Gasteiger partial charge is 0.370 e. The molecular formula is C21H29IN4O. The standard InChI is InChI=1S/C21H28N4O.HI/c1-14(2)8-20(26)24-18-7-5-6-17(12-18)13-23-21(22)25-19-10-15(3)9-16(4)11-19;/h5-7,9-12,14H,8,13H2,1-4H3,(H,24,26)(H3,22,23,25);1H. The number of benzene rings is 2. The van der Waals surface area contributed by atoms with E-state index in [-0.39, 0.29) is 29.9 Å². The quantitative estimate of drug-likeness (QED) is 0.315. The summed E-state index contributed by atoms with van der Waals surface area (Å²) in [6.45, 7) is 8.58. The maximum absolute atomic E-state index is 11.9. The fraction of sp³-hybridized carbons (Fsp3) is 0.333. The van der Waals surface area contributed by atoms with Crippen LogP contribution in [0.5, 0.6) is 0 Å². The summed E-state index contributed by atoms with van der Waals surface area (Å²) in [6, 6.07) is 13.8. The normalized spacial score (nSPS) is 11.1. The van der Waals surface area contributed by atoms with Crippen molar-refractivity contribution in [2.45, 2.75) is 40.7 Å². The molecule has 27 heavy (non-hydrogen) atoms. The molecule has 0 fully saturated rings. The van der Waals surface area contributed by atoms with E-state index in [0.29, 0.717) is 24.8 Å². The monoisotopic (exact) mass is 480 g/mol. The predicted molar refractivity (Wildman–Crippen MR) is 125 cm³/mol. The molecule has 0 aliphatic heterocycles. The van der Waals surface area contributed by atoms with Crippen molar-refractivity contribution in [2.24, 2.45) is 16.6 Å². The first-order chi connectivity index (χ1) is 12.3. The molecule has 5 nitrogen and oxygen atoms in total. The number of halogens is 1. The molecule has 0 bridgehead atoms. The van der Waals surface area contributed by atoms with Gasteiger partial charge in [-0.05, 0) is 60.7 Å². The number of nitrogens with one attached hydrogen (secondary N) is 2. The number of rotatable bonds is 6. The summed E-state index contributed by atoms with van der Waals surface area (Å²) in [7, 11) is 0. The van der Waals surface area contributed by atoms with Crippen LogP contribution in [-0.4, -0.2) is 11.9 Å². The smallest absolute Gasteiger partial charge is 0.224 e. The second-order valence-corrected chi connectivity index (χ2v) is 7.05. The Morgan fingerprint density at radius 3 is 2.33 bits per heavy atom. The number of hydrogen-bond donors (Lipinski definition) is 3. The molecule has 146 valence electrons. The zero-order valence-electron chi connectivity index (χ0n) is 16.4. The molecule has 0 aromatic heterocycles. The van der Waals surface area contributed by atoms with Crippen LogP contribution >= 0.6 is 24.0 Å². The van der Waals surface area contributed by atoms with Gasteiger partial charge in [-0.25, -0.2) is 4.99 Å². The van der Waals surface area contributed by atoms with Crippen LogP contribution in [0.1, 0.15) is 37.0 Å². The van der Waals surface area contributed by atoms with Crippen LogP contribution in [-0.2, 0) is 11.3 Å². The molecule has 0 aliphatic rings. The average Bonchev–Trinajstić information content (AvgIpc) is 2.51. The van der Waals surface area contributed by atoms with Gasteiger partial charge in [0.25, 0.3) is 0 Å². The van der Waals surface area contributed by atoms with Gasteiger partial charge in [-0.15, -0.1) is 24.0 Å². The minimum absolute atomic E-state index is 0. The van der Waals surface area contributed by atoms with Crippen LogP contribution in [0.25, 0.3) is 0 Å².